The smallest absolute Gasteiger partial charge is 0.161 e. The van der Waals surface area contributed by atoms with Gasteiger partial charge in [-0.3, -0.25) is 4.90 Å². The maximum atomic E-state index is 5.40. The number of benzene rings is 1. The molecule has 0 fully saturated rings. The van der Waals surface area contributed by atoms with Crippen LogP contribution in [0.2, 0.25) is 0 Å². The lowest BCUT2D eigenvalue weighted by molar-refractivity contribution is 0.154. The van der Waals surface area contributed by atoms with Gasteiger partial charge in [-0.15, -0.1) is 0 Å². The van der Waals surface area contributed by atoms with Gasteiger partial charge in [0, 0.05) is 18.6 Å². The Labute approximate surface area is 110 Å². The Hall–Kier alpha value is -1.22. The fraction of sp³-hybridized carbons (Fsp3) is 0.600. The fourth-order valence-corrected chi connectivity index (χ4v) is 2.87. The first-order valence-corrected chi connectivity index (χ1v) is 6.59. The molecule has 0 bridgehead atoms. The van der Waals surface area contributed by atoms with Crippen molar-refractivity contribution in [3.05, 3.63) is 23.3 Å². The SMILES string of the molecule is COc1cc2c(cc1OC)C(C)N(C(C)C)CC2. The van der Waals surface area contributed by atoms with Crippen LogP contribution >= 0.6 is 0 Å². The third kappa shape index (κ3) is 2.19. The highest BCUT2D eigenvalue weighted by molar-refractivity contribution is 5.49. The summed E-state index contributed by atoms with van der Waals surface area (Å²) in [5.74, 6) is 1.66. The highest BCUT2D eigenvalue weighted by Gasteiger charge is 2.27. The molecule has 18 heavy (non-hydrogen) atoms. The van der Waals surface area contributed by atoms with E-state index in [2.05, 4.69) is 37.8 Å². The van der Waals surface area contributed by atoms with Gasteiger partial charge in [0.05, 0.1) is 14.2 Å². The van der Waals surface area contributed by atoms with E-state index in [0.717, 1.165) is 24.5 Å². The molecule has 0 spiro atoms. The van der Waals surface area contributed by atoms with Gasteiger partial charge in [0.2, 0.25) is 0 Å². The summed E-state index contributed by atoms with van der Waals surface area (Å²) in [5, 5.41) is 0. The number of hydrogen-bond donors (Lipinski definition) is 0. The molecule has 100 valence electrons. The zero-order valence-corrected chi connectivity index (χ0v) is 12.0. The van der Waals surface area contributed by atoms with Crippen LogP contribution in [0.4, 0.5) is 0 Å². The summed E-state index contributed by atoms with van der Waals surface area (Å²) in [6.45, 7) is 7.88. The molecule has 1 atom stereocenters. The highest BCUT2D eigenvalue weighted by Crippen LogP contribution is 2.38. The van der Waals surface area contributed by atoms with E-state index in [1.54, 1.807) is 14.2 Å². The largest absolute Gasteiger partial charge is 0.493 e. The molecule has 1 aliphatic rings. The van der Waals surface area contributed by atoms with Gasteiger partial charge in [0.1, 0.15) is 0 Å². The summed E-state index contributed by atoms with van der Waals surface area (Å²) < 4.78 is 10.8. The molecule has 0 saturated heterocycles. The molecule has 0 aromatic heterocycles. The van der Waals surface area contributed by atoms with Crippen LogP contribution in [-0.4, -0.2) is 31.7 Å². The first-order chi connectivity index (χ1) is 8.58. The minimum Gasteiger partial charge on any atom is -0.493 e. The van der Waals surface area contributed by atoms with Gasteiger partial charge in [-0.1, -0.05) is 0 Å². The van der Waals surface area contributed by atoms with Crippen molar-refractivity contribution in [1.29, 1.82) is 0 Å². The number of hydrogen-bond acceptors (Lipinski definition) is 3. The van der Waals surface area contributed by atoms with Gasteiger partial charge in [-0.25, -0.2) is 0 Å². The molecule has 1 aromatic carbocycles. The fourth-order valence-electron chi connectivity index (χ4n) is 2.87. The lowest BCUT2D eigenvalue weighted by atomic mass is 9.92. The van der Waals surface area contributed by atoms with Crippen molar-refractivity contribution in [2.75, 3.05) is 20.8 Å². The van der Waals surface area contributed by atoms with Crippen LogP contribution in [0.15, 0.2) is 12.1 Å². The topological polar surface area (TPSA) is 21.7 Å². The summed E-state index contributed by atoms with van der Waals surface area (Å²) in [6.07, 6.45) is 1.08. The van der Waals surface area contributed by atoms with Gasteiger partial charge in [-0.2, -0.15) is 0 Å². The Bertz CT molecular complexity index is 429. The van der Waals surface area contributed by atoms with E-state index in [9.17, 15) is 0 Å². The van der Waals surface area contributed by atoms with Crippen LogP contribution in [0.25, 0.3) is 0 Å². The number of nitrogens with zero attached hydrogens (tertiary/aromatic N) is 1. The highest BCUT2D eigenvalue weighted by atomic mass is 16.5. The second-order valence-electron chi connectivity index (χ2n) is 5.16. The lowest BCUT2D eigenvalue weighted by Gasteiger charge is -2.38. The molecule has 3 heteroatoms. The molecule has 1 aliphatic heterocycles. The summed E-state index contributed by atoms with van der Waals surface area (Å²) in [6, 6.07) is 5.27. The molecular formula is C15H23NO2. The third-order valence-electron chi connectivity index (χ3n) is 3.90. The second kappa shape index (κ2) is 5.19. The van der Waals surface area contributed by atoms with E-state index in [1.165, 1.54) is 11.1 Å². The molecule has 0 amide bonds. The van der Waals surface area contributed by atoms with Crippen molar-refractivity contribution in [2.45, 2.75) is 39.3 Å². The minimum absolute atomic E-state index is 0.438. The molecule has 2 rings (SSSR count). The maximum Gasteiger partial charge on any atom is 0.161 e. The number of fused-ring (bicyclic) bond motifs is 1. The predicted octanol–water partition coefficient (Wildman–Crippen LogP) is 3.03. The zero-order chi connectivity index (χ0) is 13.3. The van der Waals surface area contributed by atoms with E-state index >= 15 is 0 Å². The number of ether oxygens (including phenoxy) is 2. The Morgan fingerprint density at radius 1 is 1.17 bits per heavy atom. The lowest BCUT2D eigenvalue weighted by Crippen LogP contribution is -2.38. The van der Waals surface area contributed by atoms with Crippen LogP contribution < -0.4 is 9.47 Å². The van der Waals surface area contributed by atoms with Crippen LogP contribution in [0, 0.1) is 0 Å². The van der Waals surface area contributed by atoms with Crippen molar-refractivity contribution in [1.82, 2.24) is 4.90 Å². The van der Waals surface area contributed by atoms with Crippen molar-refractivity contribution in [3.63, 3.8) is 0 Å². The monoisotopic (exact) mass is 249 g/mol. The Morgan fingerprint density at radius 3 is 2.33 bits per heavy atom. The van der Waals surface area contributed by atoms with Gasteiger partial charge >= 0.3 is 0 Å². The number of methoxy groups -OCH3 is 2. The number of rotatable bonds is 3. The first kappa shape index (κ1) is 13.2. The van der Waals surface area contributed by atoms with Crippen molar-refractivity contribution >= 4 is 0 Å². The standard InChI is InChI=1S/C15H23NO2/c1-10(2)16-7-6-12-8-14(17-4)15(18-5)9-13(12)11(16)3/h8-11H,6-7H2,1-5H3. The second-order valence-corrected chi connectivity index (χ2v) is 5.16. The Morgan fingerprint density at radius 2 is 1.78 bits per heavy atom. The first-order valence-electron chi connectivity index (χ1n) is 6.59. The molecule has 0 aliphatic carbocycles. The Balaban J connectivity index is 2.42. The summed E-state index contributed by atoms with van der Waals surface area (Å²) >= 11 is 0. The quantitative estimate of drug-likeness (QED) is 0.822. The molecule has 1 unspecified atom stereocenters. The summed E-state index contributed by atoms with van der Waals surface area (Å²) in [7, 11) is 3.38. The zero-order valence-electron chi connectivity index (χ0n) is 12.0. The molecule has 0 radical (unpaired) electrons. The molecule has 0 saturated carbocycles. The molecule has 1 aromatic rings. The predicted molar refractivity (Wildman–Crippen MR) is 73.5 cm³/mol. The van der Waals surface area contributed by atoms with Crippen LogP contribution in [0.3, 0.4) is 0 Å². The summed E-state index contributed by atoms with van der Waals surface area (Å²) in [4.78, 5) is 2.52. The average Bonchev–Trinajstić information content (AvgIpc) is 2.37. The van der Waals surface area contributed by atoms with Gasteiger partial charge in [-0.05, 0) is 50.5 Å². The van der Waals surface area contributed by atoms with Gasteiger partial charge in [0.25, 0.3) is 0 Å². The van der Waals surface area contributed by atoms with Crippen LogP contribution in [-0.2, 0) is 6.42 Å². The van der Waals surface area contributed by atoms with Crippen molar-refractivity contribution in [2.24, 2.45) is 0 Å². The van der Waals surface area contributed by atoms with Gasteiger partial charge < -0.3 is 9.47 Å². The minimum atomic E-state index is 0.438. The van der Waals surface area contributed by atoms with E-state index in [-0.39, 0.29) is 0 Å². The third-order valence-corrected chi connectivity index (χ3v) is 3.90. The molecule has 0 N–H and O–H groups in total. The molecule has 3 nitrogen and oxygen atoms in total. The van der Waals surface area contributed by atoms with Gasteiger partial charge in [0.15, 0.2) is 11.5 Å². The van der Waals surface area contributed by atoms with E-state index in [0.29, 0.717) is 12.1 Å². The van der Waals surface area contributed by atoms with E-state index in [1.807, 2.05) is 0 Å². The van der Waals surface area contributed by atoms with E-state index in [4.69, 9.17) is 9.47 Å². The Kier molecular flexibility index (Phi) is 3.81. The van der Waals surface area contributed by atoms with Crippen LogP contribution in [0.5, 0.6) is 11.5 Å². The molecular weight excluding hydrogens is 226 g/mol. The van der Waals surface area contributed by atoms with Crippen molar-refractivity contribution in [3.8, 4) is 11.5 Å². The summed E-state index contributed by atoms with van der Waals surface area (Å²) in [5.41, 5.74) is 2.75. The maximum absolute atomic E-state index is 5.40. The molecule has 1 heterocycles. The van der Waals surface area contributed by atoms with Crippen molar-refractivity contribution < 1.29 is 9.47 Å². The average molecular weight is 249 g/mol. The van der Waals surface area contributed by atoms with Crippen LogP contribution in [0.1, 0.15) is 37.9 Å². The van der Waals surface area contributed by atoms with E-state index < -0.39 is 0 Å². The normalized spacial score (nSPS) is 19.8.